The highest BCUT2D eigenvalue weighted by atomic mass is 16.5. The molecule has 164 valence electrons. The summed E-state index contributed by atoms with van der Waals surface area (Å²) in [4.78, 5) is 39.0. The van der Waals surface area contributed by atoms with Crippen molar-refractivity contribution < 1.29 is 19.1 Å². The minimum atomic E-state index is -0.860. The molecule has 1 saturated heterocycles. The number of carbonyl (C=O) groups is 3. The standard InChI is InChI=1S/C25H30N2O4/c1-3-22-11-7-8-16-27(22)25(30)18(2)31-23(28)17-26-24(29)21-14-12-20(13-15-21)19-9-5-4-6-10-19/h4-6,9-10,12-15,18,22H,3,7-8,11,16-17H2,1-2H3,(H,26,29). The second kappa shape index (κ2) is 10.8. The van der Waals surface area contributed by atoms with E-state index in [1.54, 1.807) is 19.1 Å². The molecule has 2 aromatic carbocycles. The van der Waals surface area contributed by atoms with Gasteiger partial charge in [0.15, 0.2) is 6.10 Å². The molecule has 0 saturated carbocycles. The number of hydrogen-bond donors (Lipinski definition) is 1. The van der Waals surface area contributed by atoms with Gasteiger partial charge in [0.05, 0.1) is 0 Å². The third kappa shape index (κ3) is 5.94. The number of piperidine rings is 1. The summed E-state index contributed by atoms with van der Waals surface area (Å²) in [6.45, 7) is 4.07. The van der Waals surface area contributed by atoms with Crippen LogP contribution in [0.1, 0.15) is 49.9 Å². The van der Waals surface area contributed by atoms with Crippen molar-refractivity contribution in [2.75, 3.05) is 13.1 Å². The second-order valence-corrected chi connectivity index (χ2v) is 7.85. The quantitative estimate of drug-likeness (QED) is 0.689. The summed E-state index contributed by atoms with van der Waals surface area (Å²) in [5.74, 6) is -1.15. The Morgan fingerprint density at radius 2 is 1.71 bits per heavy atom. The largest absolute Gasteiger partial charge is 0.451 e. The lowest BCUT2D eigenvalue weighted by molar-refractivity contribution is -0.160. The highest BCUT2D eigenvalue weighted by Crippen LogP contribution is 2.21. The second-order valence-electron chi connectivity index (χ2n) is 7.85. The Balaban J connectivity index is 1.48. The predicted octanol–water partition coefficient (Wildman–Crippen LogP) is 3.81. The molecule has 0 radical (unpaired) electrons. The van der Waals surface area contributed by atoms with Gasteiger partial charge in [-0.05, 0) is 55.9 Å². The number of nitrogens with one attached hydrogen (secondary N) is 1. The minimum absolute atomic E-state index is 0.164. The Kier molecular flexibility index (Phi) is 7.82. The van der Waals surface area contributed by atoms with Crippen LogP contribution in [0, 0.1) is 0 Å². The van der Waals surface area contributed by atoms with E-state index in [0.29, 0.717) is 12.1 Å². The fraction of sp³-hybridized carbons (Fsp3) is 0.400. The van der Waals surface area contributed by atoms with Crippen LogP contribution >= 0.6 is 0 Å². The first-order chi connectivity index (χ1) is 15.0. The Morgan fingerprint density at radius 1 is 1.03 bits per heavy atom. The average Bonchev–Trinajstić information content (AvgIpc) is 2.82. The number of rotatable bonds is 7. The van der Waals surface area contributed by atoms with E-state index >= 15 is 0 Å². The molecule has 31 heavy (non-hydrogen) atoms. The van der Waals surface area contributed by atoms with Gasteiger partial charge in [0, 0.05) is 18.2 Å². The number of likely N-dealkylation sites (tertiary alicyclic amines) is 1. The summed E-state index contributed by atoms with van der Waals surface area (Å²) in [6, 6.07) is 17.3. The van der Waals surface area contributed by atoms with Crippen LogP contribution in [0.5, 0.6) is 0 Å². The number of hydrogen-bond acceptors (Lipinski definition) is 4. The molecule has 2 aromatic rings. The Hall–Kier alpha value is -3.15. The highest BCUT2D eigenvalue weighted by Gasteiger charge is 2.30. The first kappa shape index (κ1) is 22.5. The summed E-state index contributed by atoms with van der Waals surface area (Å²) in [7, 11) is 0. The maximum atomic E-state index is 12.7. The first-order valence-corrected chi connectivity index (χ1v) is 10.9. The van der Waals surface area contributed by atoms with Gasteiger partial charge >= 0.3 is 5.97 Å². The number of benzene rings is 2. The van der Waals surface area contributed by atoms with Gasteiger partial charge in [0.1, 0.15) is 6.54 Å². The lowest BCUT2D eigenvalue weighted by Crippen LogP contribution is -2.48. The maximum Gasteiger partial charge on any atom is 0.326 e. The van der Waals surface area contributed by atoms with Crippen molar-refractivity contribution in [1.29, 1.82) is 0 Å². The molecule has 2 amide bonds. The fourth-order valence-corrected chi connectivity index (χ4v) is 3.94. The molecule has 2 atom stereocenters. The zero-order valence-electron chi connectivity index (χ0n) is 18.2. The monoisotopic (exact) mass is 422 g/mol. The van der Waals surface area contributed by atoms with Gasteiger partial charge in [-0.15, -0.1) is 0 Å². The molecular weight excluding hydrogens is 392 g/mol. The maximum absolute atomic E-state index is 12.7. The summed E-state index contributed by atoms with van der Waals surface area (Å²) in [5, 5.41) is 2.56. The lowest BCUT2D eigenvalue weighted by atomic mass is 9.99. The number of esters is 1. The molecule has 0 aromatic heterocycles. The van der Waals surface area contributed by atoms with Crippen LogP contribution in [-0.2, 0) is 14.3 Å². The van der Waals surface area contributed by atoms with Crippen LogP contribution in [0.2, 0.25) is 0 Å². The van der Waals surface area contributed by atoms with Crippen LogP contribution < -0.4 is 5.32 Å². The summed E-state index contributed by atoms with van der Waals surface area (Å²) >= 11 is 0. The van der Waals surface area contributed by atoms with Crippen molar-refractivity contribution in [2.24, 2.45) is 0 Å². The molecule has 0 aliphatic carbocycles. The van der Waals surface area contributed by atoms with E-state index < -0.39 is 12.1 Å². The van der Waals surface area contributed by atoms with Gasteiger partial charge in [-0.1, -0.05) is 49.4 Å². The van der Waals surface area contributed by atoms with Crippen molar-refractivity contribution in [1.82, 2.24) is 10.2 Å². The van der Waals surface area contributed by atoms with Crippen LogP contribution in [0.15, 0.2) is 54.6 Å². The molecule has 1 aliphatic rings. The van der Waals surface area contributed by atoms with E-state index in [1.807, 2.05) is 47.4 Å². The van der Waals surface area contributed by atoms with Gasteiger partial charge < -0.3 is 15.0 Å². The Bertz CT molecular complexity index is 895. The smallest absolute Gasteiger partial charge is 0.326 e. The summed E-state index contributed by atoms with van der Waals surface area (Å²) in [6.07, 6.45) is 3.12. The third-order valence-electron chi connectivity index (χ3n) is 5.68. The van der Waals surface area contributed by atoms with Crippen molar-refractivity contribution in [3.05, 3.63) is 60.2 Å². The molecule has 3 rings (SSSR count). The van der Waals surface area contributed by atoms with E-state index in [1.165, 1.54) is 0 Å². The number of carbonyl (C=O) groups excluding carboxylic acids is 3. The zero-order valence-corrected chi connectivity index (χ0v) is 18.2. The molecule has 0 bridgehead atoms. The van der Waals surface area contributed by atoms with Gasteiger partial charge in [-0.25, -0.2) is 0 Å². The van der Waals surface area contributed by atoms with Gasteiger partial charge in [0.2, 0.25) is 0 Å². The molecule has 2 unspecified atom stereocenters. The topological polar surface area (TPSA) is 75.7 Å². The van der Waals surface area contributed by atoms with Gasteiger partial charge in [0.25, 0.3) is 11.8 Å². The molecule has 1 fully saturated rings. The van der Waals surface area contributed by atoms with Crippen molar-refractivity contribution >= 4 is 17.8 Å². The third-order valence-corrected chi connectivity index (χ3v) is 5.68. The molecule has 1 N–H and O–H groups in total. The SMILES string of the molecule is CCC1CCCCN1C(=O)C(C)OC(=O)CNC(=O)c1ccc(-c2ccccc2)cc1. The molecule has 1 heterocycles. The molecule has 6 nitrogen and oxygen atoms in total. The van der Waals surface area contributed by atoms with E-state index in [4.69, 9.17) is 4.74 Å². The number of nitrogens with zero attached hydrogens (tertiary/aromatic N) is 1. The molecule has 6 heteroatoms. The van der Waals surface area contributed by atoms with Crippen LogP contribution in [0.4, 0.5) is 0 Å². The Labute approximate surface area is 183 Å². The van der Waals surface area contributed by atoms with E-state index in [2.05, 4.69) is 12.2 Å². The van der Waals surface area contributed by atoms with Crippen molar-refractivity contribution in [3.8, 4) is 11.1 Å². The van der Waals surface area contributed by atoms with Crippen molar-refractivity contribution in [3.63, 3.8) is 0 Å². The lowest BCUT2D eigenvalue weighted by Gasteiger charge is -2.36. The highest BCUT2D eigenvalue weighted by molar-refractivity contribution is 5.96. The van der Waals surface area contributed by atoms with E-state index in [0.717, 1.165) is 36.8 Å². The summed E-state index contributed by atoms with van der Waals surface area (Å²) in [5.41, 5.74) is 2.53. The first-order valence-electron chi connectivity index (χ1n) is 10.9. The van der Waals surface area contributed by atoms with Crippen LogP contribution in [-0.4, -0.2) is 47.9 Å². The van der Waals surface area contributed by atoms with Crippen molar-refractivity contribution in [2.45, 2.75) is 51.7 Å². The van der Waals surface area contributed by atoms with Crippen LogP contribution in [0.25, 0.3) is 11.1 Å². The predicted molar refractivity (Wildman–Crippen MR) is 119 cm³/mol. The normalized spacial score (nSPS) is 17.0. The van der Waals surface area contributed by atoms with E-state index in [-0.39, 0.29) is 24.4 Å². The number of ether oxygens (including phenoxy) is 1. The zero-order chi connectivity index (χ0) is 22.2. The number of amides is 2. The molecular formula is C25H30N2O4. The van der Waals surface area contributed by atoms with Gasteiger partial charge in [-0.3, -0.25) is 14.4 Å². The average molecular weight is 423 g/mol. The molecule has 0 spiro atoms. The van der Waals surface area contributed by atoms with E-state index in [9.17, 15) is 14.4 Å². The van der Waals surface area contributed by atoms with Gasteiger partial charge in [-0.2, -0.15) is 0 Å². The minimum Gasteiger partial charge on any atom is -0.451 e. The fourth-order valence-electron chi connectivity index (χ4n) is 3.94. The Morgan fingerprint density at radius 3 is 2.39 bits per heavy atom. The van der Waals surface area contributed by atoms with Crippen LogP contribution in [0.3, 0.4) is 0 Å². The summed E-state index contributed by atoms with van der Waals surface area (Å²) < 4.78 is 5.28. The molecule has 1 aliphatic heterocycles.